The Hall–Kier alpha value is -2.24. The first-order valence-corrected chi connectivity index (χ1v) is 9.08. The number of nitrogens with two attached hydrogens (primary N) is 1. The maximum Gasteiger partial charge on any atom is 0.236 e. The molecule has 2 fully saturated rings. The Morgan fingerprint density at radius 2 is 1.96 bits per heavy atom. The Labute approximate surface area is 146 Å². The summed E-state index contributed by atoms with van der Waals surface area (Å²) in [5.41, 5.74) is 1.26. The highest BCUT2D eigenvalue weighted by Crippen LogP contribution is 2.31. The van der Waals surface area contributed by atoms with E-state index >= 15 is 0 Å². The zero-order chi connectivity index (χ0) is 17.2. The van der Waals surface area contributed by atoms with Crippen LogP contribution in [0.25, 0.3) is 11.2 Å². The molecule has 1 saturated carbocycles. The second kappa shape index (κ2) is 6.94. The highest BCUT2D eigenvalue weighted by molar-refractivity contribution is 5.84. The van der Waals surface area contributed by atoms with Crippen LogP contribution in [-0.2, 0) is 4.74 Å². The number of ether oxygens (including phenoxy) is 1. The third kappa shape index (κ3) is 3.05. The molecule has 2 N–H and O–H groups in total. The van der Waals surface area contributed by atoms with Crippen LogP contribution in [-0.4, -0.2) is 32.2 Å². The topological polar surface area (TPSA) is 106 Å². The predicted octanol–water partition coefficient (Wildman–Crippen LogP) is 2.41. The highest BCUT2D eigenvalue weighted by Gasteiger charge is 2.26. The van der Waals surface area contributed by atoms with Gasteiger partial charge in [0.2, 0.25) is 5.82 Å². The fourth-order valence-corrected chi connectivity index (χ4v) is 3.82. The fraction of sp³-hybridized carbons (Fsp3) is 0.647. The van der Waals surface area contributed by atoms with Crippen molar-refractivity contribution in [2.24, 2.45) is 5.84 Å². The molecule has 0 aromatic carbocycles. The fourth-order valence-electron chi connectivity index (χ4n) is 3.82. The van der Waals surface area contributed by atoms with Crippen LogP contribution in [0.1, 0.15) is 63.4 Å². The second-order valence-electron chi connectivity index (χ2n) is 6.83. The van der Waals surface area contributed by atoms with Crippen LogP contribution in [0.3, 0.4) is 0 Å². The number of nitrogens with zero attached hydrogens (tertiary/aromatic N) is 6. The maximum atomic E-state index is 9.36. The van der Waals surface area contributed by atoms with E-state index in [1.165, 1.54) is 19.3 Å². The molecule has 0 radical (unpaired) electrons. The normalized spacial score (nSPS) is 22.0. The number of aromatic nitrogens is 4. The number of hydrogen-bond acceptors (Lipinski definition) is 7. The molecule has 0 bridgehead atoms. The molecule has 0 spiro atoms. The first-order chi connectivity index (χ1) is 12.3. The van der Waals surface area contributed by atoms with E-state index < -0.39 is 0 Å². The number of fused-ring (bicyclic) bond motifs is 1. The molecule has 0 amide bonds. The molecule has 2 aromatic heterocycles. The summed E-state index contributed by atoms with van der Waals surface area (Å²) in [6.07, 6.45) is 10.4. The molecule has 8 heteroatoms. The van der Waals surface area contributed by atoms with E-state index in [-0.39, 0.29) is 18.1 Å². The van der Waals surface area contributed by atoms with E-state index in [2.05, 4.69) is 21.0 Å². The lowest BCUT2D eigenvalue weighted by atomic mass is 9.95. The lowest BCUT2D eigenvalue weighted by Gasteiger charge is -2.31. The Morgan fingerprint density at radius 3 is 2.68 bits per heavy atom. The number of hydrazine groups is 1. The first kappa shape index (κ1) is 16.2. The van der Waals surface area contributed by atoms with Crippen LogP contribution < -0.4 is 10.9 Å². The Kier molecular flexibility index (Phi) is 4.51. The molecular weight excluding hydrogens is 318 g/mol. The second-order valence-corrected chi connectivity index (χ2v) is 6.83. The summed E-state index contributed by atoms with van der Waals surface area (Å²) in [4.78, 5) is 13.3. The summed E-state index contributed by atoms with van der Waals surface area (Å²) in [5.74, 6) is 7.06. The number of nitriles is 1. The van der Waals surface area contributed by atoms with Crippen molar-refractivity contribution in [1.29, 1.82) is 5.26 Å². The Balaban J connectivity index is 1.76. The summed E-state index contributed by atoms with van der Waals surface area (Å²) in [7, 11) is 0. The molecule has 1 aliphatic heterocycles. The van der Waals surface area contributed by atoms with Gasteiger partial charge in [0.15, 0.2) is 17.0 Å². The van der Waals surface area contributed by atoms with Crippen LogP contribution in [0, 0.1) is 11.3 Å². The van der Waals surface area contributed by atoms with E-state index in [4.69, 9.17) is 10.6 Å². The van der Waals surface area contributed by atoms with Crippen LogP contribution in [0.2, 0.25) is 0 Å². The lowest BCUT2D eigenvalue weighted by Crippen LogP contribution is -2.43. The number of hydrogen-bond donors (Lipinski definition) is 1. The van der Waals surface area contributed by atoms with Crippen molar-refractivity contribution in [3.63, 3.8) is 0 Å². The van der Waals surface area contributed by atoms with E-state index in [0.29, 0.717) is 17.0 Å². The molecule has 4 rings (SSSR count). The molecule has 1 unspecified atom stereocenters. The summed E-state index contributed by atoms with van der Waals surface area (Å²) in [6, 6.07) is 2.28. The van der Waals surface area contributed by atoms with Crippen molar-refractivity contribution < 1.29 is 4.74 Å². The first-order valence-electron chi connectivity index (χ1n) is 9.08. The van der Waals surface area contributed by atoms with Crippen molar-refractivity contribution in [2.75, 3.05) is 11.6 Å². The molecule has 2 aromatic rings. The maximum absolute atomic E-state index is 9.36. The van der Waals surface area contributed by atoms with Gasteiger partial charge in [-0.1, -0.05) is 19.3 Å². The van der Waals surface area contributed by atoms with Crippen LogP contribution in [0.15, 0.2) is 6.33 Å². The standard InChI is InChI=1S/C17H23N7O/c18-10-13-21-16-15(20-11-23(16)14-8-4-5-9-25-14)17(22-13)24(19)12-6-2-1-3-7-12/h11-12,14H,1-9,19H2. The zero-order valence-corrected chi connectivity index (χ0v) is 14.3. The van der Waals surface area contributed by atoms with Gasteiger partial charge in [0.25, 0.3) is 0 Å². The summed E-state index contributed by atoms with van der Waals surface area (Å²) < 4.78 is 7.77. The van der Waals surface area contributed by atoms with Gasteiger partial charge in [0.1, 0.15) is 12.3 Å². The van der Waals surface area contributed by atoms with Gasteiger partial charge in [-0.3, -0.25) is 9.58 Å². The minimum absolute atomic E-state index is 0.0889. The Bertz CT molecular complexity index is 784. The highest BCUT2D eigenvalue weighted by atomic mass is 16.5. The van der Waals surface area contributed by atoms with Gasteiger partial charge in [-0.05, 0) is 32.1 Å². The molecule has 1 aliphatic carbocycles. The van der Waals surface area contributed by atoms with Gasteiger partial charge in [-0.15, -0.1) is 0 Å². The van der Waals surface area contributed by atoms with Gasteiger partial charge < -0.3 is 4.74 Å². The smallest absolute Gasteiger partial charge is 0.236 e. The summed E-state index contributed by atoms with van der Waals surface area (Å²) >= 11 is 0. The van der Waals surface area contributed by atoms with Crippen LogP contribution in [0.4, 0.5) is 5.82 Å². The predicted molar refractivity (Wildman–Crippen MR) is 92.4 cm³/mol. The largest absolute Gasteiger partial charge is 0.358 e. The summed E-state index contributed by atoms with van der Waals surface area (Å²) in [6.45, 7) is 0.735. The van der Waals surface area contributed by atoms with Crippen LogP contribution in [0.5, 0.6) is 0 Å². The minimum Gasteiger partial charge on any atom is -0.358 e. The quantitative estimate of drug-likeness (QED) is 0.675. The monoisotopic (exact) mass is 341 g/mol. The van der Waals surface area contributed by atoms with Crippen molar-refractivity contribution in [3.8, 4) is 6.07 Å². The SMILES string of the molecule is N#Cc1nc(N(N)C2CCCCC2)c2ncn(C3CCCCO3)c2n1. The molecule has 1 saturated heterocycles. The average molecular weight is 341 g/mol. The van der Waals surface area contributed by atoms with Gasteiger partial charge in [-0.2, -0.15) is 15.2 Å². The molecule has 1 atom stereocenters. The number of anilines is 1. The third-order valence-corrected chi connectivity index (χ3v) is 5.18. The van der Waals surface area contributed by atoms with Gasteiger partial charge in [-0.25, -0.2) is 10.8 Å². The van der Waals surface area contributed by atoms with Gasteiger partial charge >= 0.3 is 0 Å². The summed E-state index contributed by atoms with van der Waals surface area (Å²) in [5, 5.41) is 11.1. The zero-order valence-electron chi connectivity index (χ0n) is 14.3. The number of rotatable bonds is 3. The molecular formula is C17H23N7O. The van der Waals surface area contributed by atoms with Crippen LogP contribution >= 0.6 is 0 Å². The van der Waals surface area contributed by atoms with E-state index in [1.54, 1.807) is 11.3 Å². The van der Waals surface area contributed by atoms with E-state index in [1.807, 2.05) is 4.57 Å². The third-order valence-electron chi connectivity index (χ3n) is 5.18. The molecule has 2 aliphatic rings. The van der Waals surface area contributed by atoms with Crippen molar-refractivity contribution in [2.45, 2.75) is 63.6 Å². The lowest BCUT2D eigenvalue weighted by molar-refractivity contribution is -0.0298. The van der Waals surface area contributed by atoms with Gasteiger partial charge in [0, 0.05) is 12.6 Å². The molecule has 3 heterocycles. The van der Waals surface area contributed by atoms with Crippen molar-refractivity contribution in [3.05, 3.63) is 12.2 Å². The molecule has 8 nitrogen and oxygen atoms in total. The van der Waals surface area contributed by atoms with Gasteiger partial charge in [0.05, 0.1) is 6.33 Å². The minimum atomic E-state index is -0.0889. The molecule has 132 valence electrons. The van der Waals surface area contributed by atoms with E-state index in [9.17, 15) is 5.26 Å². The van der Waals surface area contributed by atoms with E-state index in [0.717, 1.165) is 38.7 Å². The number of imidazole rings is 1. The van der Waals surface area contributed by atoms with Crippen molar-refractivity contribution >= 4 is 17.0 Å². The molecule has 25 heavy (non-hydrogen) atoms. The Morgan fingerprint density at radius 1 is 1.16 bits per heavy atom. The average Bonchev–Trinajstić information content (AvgIpc) is 3.12. The van der Waals surface area contributed by atoms with Crippen molar-refractivity contribution in [1.82, 2.24) is 19.5 Å².